The van der Waals surface area contributed by atoms with Gasteiger partial charge in [-0.15, -0.1) is 0 Å². The van der Waals surface area contributed by atoms with Gasteiger partial charge in [-0.3, -0.25) is 4.79 Å². The van der Waals surface area contributed by atoms with Crippen LogP contribution in [-0.2, 0) is 9.53 Å². The Morgan fingerprint density at radius 2 is 1.93 bits per heavy atom. The van der Waals surface area contributed by atoms with E-state index in [2.05, 4.69) is 9.89 Å². The van der Waals surface area contributed by atoms with E-state index in [4.69, 9.17) is 4.74 Å². The summed E-state index contributed by atoms with van der Waals surface area (Å²) in [4.78, 5) is 19.0. The summed E-state index contributed by atoms with van der Waals surface area (Å²) in [7, 11) is 0. The maximum absolute atomic E-state index is 13.6. The summed E-state index contributed by atoms with van der Waals surface area (Å²) in [6.07, 6.45) is 1.80. The minimum absolute atomic E-state index is 0.248. The van der Waals surface area contributed by atoms with Crippen molar-refractivity contribution in [1.82, 2.24) is 4.90 Å². The van der Waals surface area contributed by atoms with Crippen molar-refractivity contribution in [3.05, 3.63) is 58.8 Å². The number of aromatic hydroxyl groups is 1. The number of benzene rings is 2. The number of amidine groups is 1. The Kier molecular flexibility index (Phi) is 4.96. The third-order valence-electron chi connectivity index (χ3n) is 4.36. The molecule has 1 saturated heterocycles. The highest BCUT2D eigenvalue weighted by molar-refractivity contribution is 8.18. The van der Waals surface area contributed by atoms with E-state index >= 15 is 0 Å². The number of hydrogen-bond acceptors (Lipinski definition) is 5. The van der Waals surface area contributed by atoms with Crippen molar-refractivity contribution in [2.75, 3.05) is 26.3 Å². The molecule has 0 aliphatic carbocycles. The minimum atomic E-state index is -0.665. The first kappa shape index (κ1) is 17.8. The van der Waals surface area contributed by atoms with E-state index in [0.29, 0.717) is 28.9 Å². The monoisotopic (exact) mass is 384 g/mol. The molecule has 1 N–H and O–H groups in total. The lowest BCUT2D eigenvalue weighted by atomic mass is 10.0. The summed E-state index contributed by atoms with van der Waals surface area (Å²) in [5.74, 6) is -1.29. The molecule has 138 valence electrons. The van der Waals surface area contributed by atoms with Gasteiger partial charge in [-0.05, 0) is 52.7 Å². The number of carbonyl (C=O) groups excluding carboxylic acids is 1. The lowest BCUT2D eigenvalue weighted by Gasteiger charge is -2.27. The van der Waals surface area contributed by atoms with Crippen LogP contribution in [0.5, 0.6) is 5.75 Å². The highest BCUT2D eigenvalue weighted by atomic mass is 32.2. The van der Waals surface area contributed by atoms with Crippen molar-refractivity contribution >= 4 is 28.9 Å². The lowest BCUT2D eigenvalue weighted by molar-refractivity contribution is -0.113. The first-order valence-electron chi connectivity index (χ1n) is 8.54. The fourth-order valence-electron chi connectivity index (χ4n) is 2.93. The van der Waals surface area contributed by atoms with Gasteiger partial charge >= 0.3 is 0 Å². The molecule has 0 saturated carbocycles. The Morgan fingerprint density at radius 3 is 2.70 bits per heavy atom. The van der Waals surface area contributed by atoms with Crippen LogP contribution < -0.4 is 0 Å². The van der Waals surface area contributed by atoms with E-state index in [-0.39, 0.29) is 11.7 Å². The summed E-state index contributed by atoms with van der Waals surface area (Å²) in [5, 5.41) is 10.1. The number of rotatable bonds is 2. The topological polar surface area (TPSA) is 62.1 Å². The third-order valence-corrected chi connectivity index (χ3v) is 5.40. The van der Waals surface area contributed by atoms with Crippen LogP contribution >= 0.6 is 11.8 Å². The molecular formula is C20H17FN2O3S. The number of phenols is 1. The second-order valence-corrected chi connectivity index (χ2v) is 7.21. The second kappa shape index (κ2) is 7.54. The number of halogens is 1. The Bertz CT molecular complexity index is 952. The maximum atomic E-state index is 13.6. The smallest absolute Gasteiger partial charge is 0.286 e. The number of ether oxygens (including phenoxy) is 1. The zero-order valence-electron chi connectivity index (χ0n) is 14.4. The normalized spacial score (nSPS) is 18.9. The lowest BCUT2D eigenvalue weighted by Crippen LogP contribution is -2.38. The minimum Gasteiger partial charge on any atom is -0.505 e. The Labute approximate surface area is 160 Å². The van der Waals surface area contributed by atoms with E-state index in [1.165, 1.54) is 23.9 Å². The Morgan fingerprint density at radius 1 is 1.15 bits per heavy atom. The van der Waals surface area contributed by atoms with Gasteiger partial charge in [0.05, 0.1) is 18.1 Å². The standard InChI is InChI=1S/C20H17FN2O3S/c21-16-12-15(4-5-17(16)24)14-3-1-2-13(10-14)11-18-19(25)22-20(27-18)23-6-8-26-9-7-23/h1-5,10-12,24H,6-9H2/b18-11+. The number of amides is 1. The predicted octanol–water partition coefficient (Wildman–Crippen LogP) is 3.50. The van der Waals surface area contributed by atoms with Gasteiger partial charge in [-0.1, -0.05) is 24.3 Å². The molecule has 0 atom stereocenters. The molecule has 0 aromatic heterocycles. The summed E-state index contributed by atoms with van der Waals surface area (Å²) in [5.41, 5.74) is 2.28. The summed E-state index contributed by atoms with van der Waals surface area (Å²) >= 11 is 1.37. The van der Waals surface area contributed by atoms with Gasteiger partial charge < -0.3 is 14.7 Å². The molecule has 2 aromatic carbocycles. The number of nitrogens with zero attached hydrogens (tertiary/aromatic N) is 2. The molecule has 1 fully saturated rings. The van der Waals surface area contributed by atoms with Crippen LogP contribution in [0.25, 0.3) is 17.2 Å². The first-order chi connectivity index (χ1) is 13.1. The van der Waals surface area contributed by atoms with E-state index in [0.717, 1.165) is 24.2 Å². The molecule has 0 bridgehead atoms. The summed E-state index contributed by atoms with van der Waals surface area (Å²) < 4.78 is 19.0. The number of thioether (sulfide) groups is 1. The van der Waals surface area contributed by atoms with Gasteiger partial charge in [-0.25, -0.2) is 4.39 Å². The molecule has 5 nitrogen and oxygen atoms in total. The van der Waals surface area contributed by atoms with Gasteiger partial charge in [0.25, 0.3) is 5.91 Å². The van der Waals surface area contributed by atoms with Crippen LogP contribution in [0.4, 0.5) is 4.39 Å². The average Bonchev–Trinajstić information content (AvgIpc) is 3.05. The van der Waals surface area contributed by atoms with Crippen LogP contribution in [-0.4, -0.2) is 47.4 Å². The Balaban J connectivity index is 1.56. The number of aliphatic imine (C=N–C) groups is 1. The van der Waals surface area contributed by atoms with Crippen molar-refractivity contribution in [3.8, 4) is 16.9 Å². The molecule has 2 aromatic rings. The summed E-state index contributed by atoms with van der Waals surface area (Å²) in [6, 6.07) is 11.7. The molecule has 27 heavy (non-hydrogen) atoms. The fraction of sp³-hybridized carbons (Fsp3) is 0.200. The number of carbonyl (C=O) groups is 1. The number of phenolic OH excluding ortho intramolecular Hbond substituents is 1. The van der Waals surface area contributed by atoms with Crippen molar-refractivity contribution in [2.45, 2.75) is 0 Å². The van der Waals surface area contributed by atoms with Crippen LogP contribution in [0, 0.1) is 5.82 Å². The molecule has 1 amide bonds. The quantitative estimate of drug-likeness (QED) is 0.803. The zero-order valence-corrected chi connectivity index (χ0v) is 15.2. The Hall–Kier alpha value is -2.64. The SMILES string of the molecule is O=C1N=C(N2CCOCC2)S/C1=C/c1cccc(-c2ccc(O)c(F)c2)c1. The molecule has 2 heterocycles. The summed E-state index contributed by atoms with van der Waals surface area (Å²) in [6.45, 7) is 2.73. The molecule has 0 radical (unpaired) electrons. The van der Waals surface area contributed by atoms with Crippen LogP contribution in [0.3, 0.4) is 0 Å². The van der Waals surface area contributed by atoms with Gasteiger partial charge in [0.1, 0.15) is 0 Å². The van der Waals surface area contributed by atoms with E-state index in [9.17, 15) is 14.3 Å². The largest absolute Gasteiger partial charge is 0.505 e. The van der Waals surface area contributed by atoms with Crippen LogP contribution in [0.15, 0.2) is 52.4 Å². The van der Waals surface area contributed by atoms with Crippen LogP contribution in [0.2, 0.25) is 0 Å². The van der Waals surface area contributed by atoms with Gasteiger partial charge in [0.2, 0.25) is 0 Å². The first-order valence-corrected chi connectivity index (χ1v) is 9.36. The van der Waals surface area contributed by atoms with Gasteiger partial charge in [0, 0.05) is 13.1 Å². The van der Waals surface area contributed by atoms with Crippen molar-refractivity contribution in [3.63, 3.8) is 0 Å². The number of morpholine rings is 1. The second-order valence-electron chi connectivity index (χ2n) is 6.20. The molecule has 2 aliphatic heterocycles. The third kappa shape index (κ3) is 3.89. The average molecular weight is 384 g/mol. The van der Waals surface area contributed by atoms with Crippen LogP contribution in [0.1, 0.15) is 5.56 Å². The van der Waals surface area contributed by atoms with Gasteiger partial charge in [-0.2, -0.15) is 4.99 Å². The highest BCUT2D eigenvalue weighted by Crippen LogP contribution is 2.32. The van der Waals surface area contributed by atoms with Crippen molar-refractivity contribution in [2.24, 2.45) is 4.99 Å². The van der Waals surface area contributed by atoms with E-state index in [1.54, 1.807) is 12.1 Å². The van der Waals surface area contributed by atoms with Gasteiger partial charge in [0.15, 0.2) is 16.7 Å². The van der Waals surface area contributed by atoms with Crippen molar-refractivity contribution in [1.29, 1.82) is 0 Å². The fourth-order valence-corrected chi connectivity index (χ4v) is 3.90. The van der Waals surface area contributed by atoms with Crippen molar-refractivity contribution < 1.29 is 19.0 Å². The molecule has 0 spiro atoms. The zero-order chi connectivity index (χ0) is 18.8. The molecular weight excluding hydrogens is 367 g/mol. The molecule has 2 aliphatic rings. The molecule has 4 rings (SSSR count). The highest BCUT2D eigenvalue weighted by Gasteiger charge is 2.27. The molecule has 0 unspecified atom stereocenters. The van der Waals surface area contributed by atoms with E-state index in [1.807, 2.05) is 24.3 Å². The number of hydrogen-bond donors (Lipinski definition) is 1. The molecule has 7 heteroatoms. The van der Waals surface area contributed by atoms with E-state index < -0.39 is 5.82 Å². The maximum Gasteiger partial charge on any atom is 0.286 e. The predicted molar refractivity (Wildman–Crippen MR) is 104 cm³/mol.